The lowest BCUT2D eigenvalue weighted by molar-refractivity contribution is -0.125. The number of ether oxygens (including phenoxy) is 1. The van der Waals surface area contributed by atoms with E-state index in [1.165, 1.54) is 0 Å². The van der Waals surface area contributed by atoms with Crippen LogP contribution in [0.15, 0.2) is 18.3 Å². The zero-order valence-electron chi connectivity index (χ0n) is 15.5. The number of hydrogen-bond donors (Lipinski definition) is 1. The maximum absolute atomic E-state index is 13.6. The number of fused-ring (bicyclic) bond motifs is 1. The Morgan fingerprint density at radius 2 is 2.17 bits per heavy atom. The third kappa shape index (κ3) is 3.65. The molecular formula is C18H18ClF2N5O3. The Bertz CT molecular complexity index is 959. The number of morpholine rings is 1. The van der Waals surface area contributed by atoms with Crippen LogP contribution >= 0.6 is 11.6 Å². The van der Waals surface area contributed by atoms with Crippen LogP contribution in [0.25, 0.3) is 0 Å². The van der Waals surface area contributed by atoms with E-state index in [0.29, 0.717) is 25.4 Å². The van der Waals surface area contributed by atoms with Gasteiger partial charge in [0.25, 0.3) is 5.91 Å². The number of nitrogens with one attached hydrogen (secondary N) is 1. The number of halogens is 3. The highest BCUT2D eigenvalue weighted by atomic mass is 35.5. The molecular weight excluding hydrogens is 408 g/mol. The molecule has 2 aromatic rings. The molecule has 0 radical (unpaired) electrons. The van der Waals surface area contributed by atoms with Crippen LogP contribution in [0.3, 0.4) is 0 Å². The number of anilines is 2. The number of amides is 3. The van der Waals surface area contributed by atoms with E-state index in [-0.39, 0.29) is 30.8 Å². The number of carbonyl (C=O) groups excluding carboxylic acids is 2. The van der Waals surface area contributed by atoms with Crippen LogP contribution in [0.1, 0.15) is 12.6 Å². The highest BCUT2D eigenvalue weighted by Gasteiger charge is 2.33. The molecule has 1 unspecified atom stereocenters. The molecule has 3 amide bonds. The van der Waals surface area contributed by atoms with E-state index in [9.17, 15) is 18.4 Å². The first-order valence-corrected chi connectivity index (χ1v) is 9.38. The Balaban J connectivity index is 1.56. The smallest absolute Gasteiger partial charge is 0.322 e. The zero-order chi connectivity index (χ0) is 20.7. The molecule has 0 aliphatic carbocycles. The van der Waals surface area contributed by atoms with Crippen LogP contribution in [0.4, 0.5) is 25.0 Å². The van der Waals surface area contributed by atoms with Crippen molar-refractivity contribution in [3.05, 3.63) is 40.7 Å². The number of aromatic nitrogens is 2. The van der Waals surface area contributed by atoms with Crippen molar-refractivity contribution in [3.8, 4) is 0 Å². The Morgan fingerprint density at radius 3 is 2.90 bits per heavy atom. The third-order valence-corrected chi connectivity index (χ3v) is 5.26. The highest BCUT2D eigenvalue weighted by Crippen LogP contribution is 2.29. The van der Waals surface area contributed by atoms with Crippen LogP contribution in [-0.2, 0) is 22.6 Å². The zero-order valence-corrected chi connectivity index (χ0v) is 16.2. The second-order valence-electron chi connectivity index (χ2n) is 6.92. The molecule has 0 bridgehead atoms. The van der Waals surface area contributed by atoms with Gasteiger partial charge in [-0.25, -0.2) is 13.6 Å². The summed E-state index contributed by atoms with van der Waals surface area (Å²) in [5.41, 5.74) is 1.41. The van der Waals surface area contributed by atoms with Crippen molar-refractivity contribution >= 4 is 34.9 Å². The van der Waals surface area contributed by atoms with Gasteiger partial charge in [-0.15, -0.1) is 0 Å². The quantitative estimate of drug-likeness (QED) is 0.750. The van der Waals surface area contributed by atoms with Crippen molar-refractivity contribution in [2.75, 3.05) is 30.0 Å². The molecule has 3 heterocycles. The molecule has 1 fully saturated rings. The number of carbonyl (C=O) groups is 2. The van der Waals surface area contributed by atoms with E-state index < -0.39 is 22.7 Å². The lowest BCUT2D eigenvalue weighted by Crippen LogP contribution is -2.48. The van der Waals surface area contributed by atoms with Crippen molar-refractivity contribution in [2.45, 2.75) is 26.1 Å². The Morgan fingerprint density at radius 1 is 1.38 bits per heavy atom. The van der Waals surface area contributed by atoms with E-state index in [1.807, 2.05) is 6.92 Å². The van der Waals surface area contributed by atoms with Crippen molar-refractivity contribution in [3.63, 3.8) is 0 Å². The first-order valence-electron chi connectivity index (χ1n) is 9.00. The van der Waals surface area contributed by atoms with Crippen molar-refractivity contribution in [2.24, 2.45) is 0 Å². The number of hydrogen-bond acceptors (Lipinski definition) is 4. The molecule has 4 rings (SSSR count). The van der Waals surface area contributed by atoms with Gasteiger partial charge >= 0.3 is 6.03 Å². The summed E-state index contributed by atoms with van der Waals surface area (Å²) in [6.45, 7) is 3.31. The Hall–Kier alpha value is -2.72. The number of urea groups is 1. The monoisotopic (exact) mass is 425 g/mol. The van der Waals surface area contributed by atoms with E-state index in [0.717, 1.165) is 17.8 Å². The van der Waals surface area contributed by atoms with Gasteiger partial charge in [0.1, 0.15) is 6.61 Å². The first-order chi connectivity index (χ1) is 13.8. The third-order valence-electron chi connectivity index (χ3n) is 4.99. The molecule has 154 valence electrons. The predicted octanol–water partition coefficient (Wildman–Crippen LogP) is 2.61. The van der Waals surface area contributed by atoms with Gasteiger partial charge in [0.15, 0.2) is 11.6 Å². The van der Waals surface area contributed by atoms with Gasteiger partial charge in [-0.1, -0.05) is 11.6 Å². The summed E-state index contributed by atoms with van der Waals surface area (Å²) in [4.78, 5) is 28.1. The molecule has 0 spiro atoms. The Kier molecular flexibility index (Phi) is 5.13. The SMILES string of the molecule is CC1Cn2ncc(N3CCOCC3=O)c2CN1C(=O)Nc1cc(F)c(F)c(Cl)c1. The summed E-state index contributed by atoms with van der Waals surface area (Å²) in [5.74, 6) is -2.48. The molecule has 1 aromatic carbocycles. The van der Waals surface area contributed by atoms with Crippen molar-refractivity contribution < 1.29 is 23.1 Å². The van der Waals surface area contributed by atoms with Crippen LogP contribution in [0.5, 0.6) is 0 Å². The maximum Gasteiger partial charge on any atom is 0.322 e. The van der Waals surface area contributed by atoms with Gasteiger partial charge in [0.2, 0.25) is 0 Å². The molecule has 0 saturated carbocycles. The molecule has 2 aliphatic heterocycles. The second-order valence-corrected chi connectivity index (χ2v) is 7.32. The fourth-order valence-electron chi connectivity index (χ4n) is 3.48. The fourth-order valence-corrected chi connectivity index (χ4v) is 3.69. The molecule has 2 aliphatic rings. The maximum atomic E-state index is 13.6. The van der Waals surface area contributed by atoms with Crippen molar-refractivity contribution in [1.29, 1.82) is 0 Å². The molecule has 1 aromatic heterocycles. The van der Waals surface area contributed by atoms with Crippen LogP contribution in [0.2, 0.25) is 5.02 Å². The topological polar surface area (TPSA) is 79.7 Å². The van der Waals surface area contributed by atoms with E-state index >= 15 is 0 Å². The summed E-state index contributed by atoms with van der Waals surface area (Å²) >= 11 is 5.65. The van der Waals surface area contributed by atoms with E-state index in [1.54, 1.807) is 20.7 Å². The minimum atomic E-state index is -1.17. The summed E-state index contributed by atoms with van der Waals surface area (Å²) in [6, 6.07) is 1.31. The minimum Gasteiger partial charge on any atom is -0.370 e. The highest BCUT2D eigenvalue weighted by molar-refractivity contribution is 6.31. The summed E-state index contributed by atoms with van der Waals surface area (Å²) in [5, 5.41) is 6.47. The summed E-state index contributed by atoms with van der Waals surface area (Å²) in [6.07, 6.45) is 1.61. The van der Waals surface area contributed by atoms with Gasteiger partial charge in [-0.05, 0) is 13.0 Å². The van der Waals surface area contributed by atoms with Crippen LogP contribution in [-0.4, -0.2) is 52.4 Å². The van der Waals surface area contributed by atoms with Crippen LogP contribution in [0, 0.1) is 11.6 Å². The van der Waals surface area contributed by atoms with E-state index in [4.69, 9.17) is 16.3 Å². The van der Waals surface area contributed by atoms with Gasteiger partial charge in [-0.3, -0.25) is 9.48 Å². The molecule has 1 atom stereocenters. The molecule has 11 heteroatoms. The number of rotatable bonds is 2. The normalized spacial score (nSPS) is 19.3. The van der Waals surface area contributed by atoms with Gasteiger partial charge in [0, 0.05) is 18.3 Å². The summed E-state index contributed by atoms with van der Waals surface area (Å²) < 4.78 is 33.9. The predicted molar refractivity (Wildman–Crippen MR) is 101 cm³/mol. The lowest BCUT2D eigenvalue weighted by atomic mass is 10.2. The summed E-state index contributed by atoms with van der Waals surface area (Å²) in [7, 11) is 0. The number of benzene rings is 1. The molecule has 1 N–H and O–H groups in total. The molecule has 8 nitrogen and oxygen atoms in total. The second kappa shape index (κ2) is 7.60. The first kappa shape index (κ1) is 19.6. The Labute approximate surface area is 170 Å². The molecule has 29 heavy (non-hydrogen) atoms. The lowest BCUT2D eigenvalue weighted by Gasteiger charge is -2.35. The average molecular weight is 426 g/mol. The average Bonchev–Trinajstić information content (AvgIpc) is 3.08. The van der Waals surface area contributed by atoms with Gasteiger partial charge in [-0.2, -0.15) is 5.10 Å². The van der Waals surface area contributed by atoms with Crippen molar-refractivity contribution in [1.82, 2.24) is 14.7 Å². The van der Waals surface area contributed by atoms with Gasteiger partial charge < -0.3 is 19.9 Å². The van der Waals surface area contributed by atoms with Crippen LogP contribution < -0.4 is 10.2 Å². The minimum absolute atomic E-state index is 0.00210. The standard InChI is InChI=1S/C18H18ClF2N5O3/c1-10-7-26-15(14(6-22-26)24-2-3-29-9-16(24)27)8-25(10)18(28)23-11-4-12(19)17(21)13(20)5-11/h4-6,10H,2-3,7-9H2,1H3,(H,23,28). The molecule has 1 saturated heterocycles. The largest absolute Gasteiger partial charge is 0.370 e. The van der Waals surface area contributed by atoms with Gasteiger partial charge in [0.05, 0.1) is 48.3 Å². The number of nitrogens with zero attached hydrogens (tertiary/aromatic N) is 4. The van der Waals surface area contributed by atoms with E-state index in [2.05, 4.69) is 10.4 Å². The fraction of sp³-hybridized carbons (Fsp3) is 0.389.